The van der Waals surface area contributed by atoms with Crippen molar-refractivity contribution in [3.05, 3.63) is 0 Å². The van der Waals surface area contributed by atoms with E-state index in [1.165, 1.54) is 83.5 Å². The minimum absolute atomic E-state index is 0.345. The number of carboxylic acid groups (broad SMARTS) is 2. The third-order valence-corrected chi connectivity index (χ3v) is 4.87. The van der Waals surface area contributed by atoms with Crippen LogP contribution in [0.3, 0.4) is 0 Å². The van der Waals surface area contributed by atoms with Gasteiger partial charge in [-0.1, -0.05) is 96.8 Å². The number of rotatable bonds is 20. The first kappa shape index (κ1) is 36.3. The molecule has 9 heteroatoms. The van der Waals surface area contributed by atoms with Crippen LogP contribution in [0.2, 0.25) is 0 Å². The van der Waals surface area contributed by atoms with Gasteiger partial charge in [0.2, 0.25) is 0 Å². The maximum absolute atomic E-state index is 10.3. The summed E-state index contributed by atoms with van der Waals surface area (Å²) in [7, 11) is 0. The lowest BCUT2D eigenvalue weighted by Gasteiger charge is -2.03. The lowest BCUT2D eigenvalue weighted by Crippen LogP contribution is -2.22. The summed E-state index contributed by atoms with van der Waals surface area (Å²) < 4.78 is 0. The molecule has 200 valence electrons. The van der Waals surface area contributed by atoms with Gasteiger partial charge in [-0.3, -0.25) is 4.79 Å². The van der Waals surface area contributed by atoms with E-state index in [2.05, 4.69) is 6.92 Å². The van der Waals surface area contributed by atoms with Gasteiger partial charge in [0.05, 0.1) is 19.8 Å². The summed E-state index contributed by atoms with van der Waals surface area (Å²) in [6.07, 6.45) is 17.6. The average molecular weight is 483 g/mol. The molecule has 0 aromatic heterocycles. The molecule has 0 heterocycles. The minimum Gasteiger partial charge on any atom is -0.481 e. The highest BCUT2D eigenvalue weighted by Crippen LogP contribution is 2.13. The number of aliphatic hydroxyl groups is 5. The van der Waals surface area contributed by atoms with Gasteiger partial charge >= 0.3 is 11.9 Å². The van der Waals surface area contributed by atoms with Crippen molar-refractivity contribution in [3.8, 4) is 0 Å². The van der Waals surface area contributed by atoms with Crippen LogP contribution in [0.5, 0.6) is 0 Å². The predicted octanol–water partition coefficient (Wildman–Crippen LogP) is 3.09. The van der Waals surface area contributed by atoms with Gasteiger partial charge in [0.1, 0.15) is 6.10 Å². The van der Waals surface area contributed by atoms with E-state index in [1.807, 2.05) is 0 Å². The Labute approximate surface area is 199 Å². The van der Waals surface area contributed by atoms with E-state index < -0.39 is 30.8 Å². The second-order valence-corrected chi connectivity index (χ2v) is 8.15. The first-order chi connectivity index (χ1) is 15.8. The molecule has 33 heavy (non-hydrogen) atoms. The summed E-state index contributed by atoms with van der Waals surface area (Å²) in [6.45, 7) is 0.814. The van der Waals surface area contributed by atoms with Crippen LogP contribution < -0.4 is 0 Å². The molecular weight excluding hydrogens is 432 g/mol. The third-order valence-electron chi connectivity index (χ3n) is 4.87. The van der Waals surface area contributed by atoms with Crippen LogP contribution in [0.15, 0.2) is 0 Å². The summed E-state index contributed by atoms with van der Waals surface area (Å²) >= 11 is 0. The topological polar surface area (TPSA) is 176 Å². The Morgan fingerprint density at radius 1 is 0.576 bits per heavy atom. The zero-order chi connectivity index (χ0) is 25.7. The quantitative estimate of drug-likeness (QED) is 0.128. The van der Waals surface area contributed by atoms with Crippen molar-refractivity contribution in [1.82, 2.24) is 0 Å². The molecule has 0 aliphatic rings. The Hall–Kier alpha value is -1.26. The molecule has 0 fully saturated rings. The molecule has 0 aliphatic heterocycles. The van der Waals surface area contributed by atoms with Crippen molar-refractivity contribution in [2.75, 3.05) is 19.8 Å². The summed E-state index contributed by atoms with van der Waals surface area (Å²) in [5.74, 6) is -2.05. The molecule has 1 atom stereocenters. The fraction of sp³-hybridized carbons (Fsp3) is 0.917. The molecule has 0 saturated carbocycles. The summed E-state index contributed by atoms with van der Waals surface area (Å²) in [4.78, 5) is 19.9. The normalized spacial score (nSPS) is 11.2. The molecule has 0 bridgehead atoms. The van der Waals surface area contributed by atoms with Crippen molar-refractivity contribution in [1.29, 1.82) is 0 Å². The number of aliphatic carboxylic acids is 2. The standard InChI is InChI=1S/C18H36O2.C3H6O4.C3H8O3/c1-2-3-4-5-6-7-8-9-10-11-12-13-14-15-16-17-18(19)20;4-1-2(5)3(6)7;4-1-3(6)2-5/h2-17H2,1H3,(H,19,20);2,4-5H,1H2,(H,6,7);3-6H,1-2H2. The van der Waals surface area contributed by atoms with Gasteiger partial charge in [-0.05, 0) is 6.42 Å². The Bertz CT molecular complexity index is 401. The van der Waals surface area contributed by atoms with Gasteiger partial charge in [-0.2, -0.15) is 0 Å². The van der Waals surface area contributed by atoms with E-state index in [0.29, 0.717) is 6.42 Å². The van der Waals surface area contributed by atoms with Crippen LogP contribution in [0.1, 0.15) is 110 Å². The van der Waals surface area contributed by atoms with Gasteiger partial charge < -0.3 is 35.7 Å². The van der Waals surface area contributed by atoms with Crippen molar-refractivity contribution in [2.24, 2.45) is 0 Å². The van der Waals surface area contributed by atoms with Crippen LogP contribution in [-0.2, 0) is 9.59 Å². The monoisotopic (exact) mass is 482 g/mol. The fourth-order valence-corrected chi connectivity index (χ4v) is 2.78. The Morgan fingerprint density at radius 2 is 0.909 bits per heavy atom. The number of carboxylic acids is 2. The van der Waals surface area contributed by atoms with Crippen LogP contribution >= 0.6 is 0 Å². The highest BCUT2D eigenvalue weighted by molar-refractivity contribution is 5.71. The van der Waals surface area contributed by atoms with Crippen molar-refractivity contribution < 1.29 is 45.3 Å². The number of hydrogen-bond acceptors (Lipinski definition) is 7. The molecular formula is C24H50O9. The molecule has 0 rings (SSSR count). The highest BCUT2D eigenvalue weighted by Gasteiger charge is 2.09. The zero-order valence-corrected chi connectivity index (χ0v) is 20.5. The molecule has 1 unspecified atom stereocenters. The molecule has 0 radical (unpaired) electrons. The van der Waals surface area contributed by atoms with E-state index in [1.54, 1.807) is 0 Å². The summed E-state index contributed by atoms with van der Waals surface area (Å²) in [5, 5.41) is 56.3. The Morgan fingerprint density at radius 3 is 1.09 bits per heavy atom. The fourth-order valence-electron chi connectivity index (χ4n) is 2.78. The van der Waals surface area contributed by atoms with Gasteiger partial charge in [-0.25, -0.2) is 4.79 Å². The maximum atomic E-state index is 10.3. The van der Waals surface area contributed by atoms with Crippen LogP contribution in [0.4, 0.5) is 0 Å². The lowest BCUT2D eigenvalue weighted by atomic mass is 10.0. The van der Waals surface area contributed by atoms with E-state index in [9.17, 15) is 9.59 Å². The lowest BCUT2D eigenvalue weighted by molar-refractivity contribution is -0.148. The molecule has 9 nitrogen and oxygen atoms in total. The number of unbranched alkanes of at least 4 members (excludes halogenated alkanes) is 14. The van der Waals surface area contributed by atoms with E-state index in [-0.39, 0.29) is 13.2 Å². The molecule has 0 aromatic carbocycles. The molecule has 0 amide bonds. The summed E-state index contributed by atoms with van der Waals surface area (Å²) in [5.41, 5.74) is 0. The average Bonchev–Trinajstić information content (AvgIpc) is 2.81. The second kappa shape index (κ2) is 30.7. The number of aliphatic hydroxyl groups excluding tert-OH is 5. The number of hydrogen-bond donors (Lipinski definition) is 7. The minimum atomic E-state index is -1.63. The smallest absolute Gasteiger partial charge is 0.334 e. The van der Waals surface area contributed by atoms with E-state index >= 15 is 0 Å². The largest absolute Gasteiger partial charge is 0.481 e. The van der Waals surface area contributed by atoms with Gasteiger partial charge in [0.15, 0.2) is 6.10 Å². The predicted molar refractivity (Wildman–Crippen MR) is 128 cm³/mol. The Kier molecular flexibility index (Phi) is 33.8. The van der Waals surface area contributed by atoms with Crippen molar-refractivity contribution in [3.63, 3.8) is 0 Å². The van der Waals surface area contributed by atoms with Crippen LogP contribution in [-0.4, -0.2) is 79.7 Å². The first-order valence-electron chi connectivity index (χ1n) is 12.4. The second-order valence-electron chi connectivity index (χ2n) is 8.15. The van der Waals surface area contributed by atoms with Gasteiger partial charge in [0, 0.05) is 6.42 Å². The van der Waals surface area contributed by atoms with Crippen molar-refractivity contribution >= 4 is 11.9 Å². The number of carbonyl (C=O) groups is 2. The Balaban J connectivity index is -0.000000563. The SMILES string of the molecule is CCCCCCCCCCCCCCCCCC(=O)O.O=C(O)C(O)CO.OCC(O)CO. The van der Waals surface area contributed by atoms with Crippen LogP contribution in [0.25, 0.3) is 0 Å². The highest BCUT2D eigenvalue weighted by atomic mass is 16.4. The zero-order valence-electron chi connectivity index (χ0n) is 20.5. The van der Waals surface area contributed by atoms with E-state index in [0.717, 1.165) is 12.8 Å². The maximum Gasteiger partial charge on any atom is 0.334 e. The molecule has 0 spiro atoms. The van der Waals surface area contributed by atoms with E-state index in [4.69, 9.17) is 35.7 Å². The molecule has 0 aliphatic carbocycles. The van der Waals surface area contributed by atoms with Crippen molar-refractivity contribution in [2.45, 2.75) is 122 Å². The van der Waals surface area contributed by atoms with Gasteiger partial charge in [0.25, 0.3) is 0 Å². The molecule has 0 aromatic rings. The first-order valence-corrected chi connectivity index (χ1v) is 12.4. The van der Waals surface area contributed by atoms with Gasteiger partial charge in [-0.15, -0.1) is 0 Å². The summed E-state index contributed by atoms with van der Waals surface area (Å²) in [6, 6.07) is 0. The molecule has 0 saturated heterocycles. The molecule has 7 N–H and O–H groups in total. The van der Waals surface area contributed by atoms with Crippen LogP contribution in [0, 0.1) is 0 Å². The third kappa shape index (κ3) is 38.3.